The Kier molecular flexibility index (Phi) is 6.00. The number of methoxy groups -OCH3 is 1. The highest BCUT2D eigenvalue weighted by molar-refractivity contribution is 5.96. The number of ether oxygens (including phenoxy) is 1. The molecule has 0 radical (unpaired) electrons. The molecule has 0 bridgehead atoms. The molecule has 7 heteroatoms. The average Bonchev–Trinajstić information content (AvgIpc) is 2.51. The summed E-state index contributed by atoms with van der Waals surface area (Å²) in [6, 6.07) is 9.40. The fourth-order valence-electron chi connectivity index (χ4n) is 1.41. The van der Waals surface area contributed by atoms with E-state index < -0.39 is 17.6 Å². The van der Waals surface area contributed by atoms with Gasteiger partial charge in [-0.05, 0) is 24.3 Å². The average molecular weight is 307 g/mol. The quantitative estimate of drug-likeness (QED) is 0.343. The van der Waals surface area contributed by atoms with Crippen molar-refractivity contribution in [1.29, 1.82) is 5.41 Å². The van der Waals surface area contributed by atoms with Crippen LogP contribution < -0.4 is 11.5 Å². The molecule has 5 N–H and O–H groups in total. The van der Waals surface area contributed by atoms with E-state index >= 15 is 0 Å². The number of hydrogen-bond donors (Lipinski definition) is 3. The van der Waals surface area contributed by atoms with Crippen molar-refractivity contribution in [3.63, 3.8) is 0 Å². The van der Waals surface area contributed by atoms with E-state index in [2.05, 4.69) is 4.74 Å². The van der Waals surface area contributed by atoms with E-state index in [0.29, 0.717) is 11.1 Å². The molecule has 116 valence electrons. The van der Waals surface area contributed by atoms with Crippen molar-refractivity contribution < 1.29 is 18.3 Å². The third kappa shape index (κ3) is 4.86. The third-order valence-electron chi connectivity index (χ3n) is 2.58. The molecule has 5 nitrogen and oxygen atoms in total. The molecular formula is C15H15F2N3O2. The molecule has 0 aliphatic rings. The molecule has 0 unspecified atom stereocenters. The highest BCUT2D eigenvalue weighted by Gasteiger charge is 2.04. The second kappa shape index (κ2) is 7.72. The van der Waals surface area contributed by atoms with Gasteiger partial charge in [-0.1, -0.05) is 12.1 Å². The van der Waals surface area contributed by atoms with E-state index in [9.17, 15) is 13.6 Å². The maximum absolute atomic E-state index is 12.2. The van der Waals surface area contributed by atoms with Gasteiger partial charge in [-0.25, -0.2) is 13.6 Å². The Morgan fingerprint density at radius 3 is 2.05 bits per heavy atom. The predicted molar refractivity (Wildman–Crippen MR) is 79.6 cm³/mol. The highest BCUT2D eigenvalue weighted by Crippen LogP contribution is 2.09. The smallest absolute Gasteiger partial charge is 0.337 e. The zero-order valence-electron chi connectivity index (χ0n) is 11.8. The van der Waals surface area contributed by atoms with Gasteiger partial charge in [0.15, 0.2) is 0 Å². The molecule has 0 spiro atoms. The van der Waals surface area contributed by atoms with Crippen LogP contribution in [0.25, 0.3) is 0 Å². The predicted octanol–water partition coefficient (Wildman–Crippen LogP) is 2.30. The van der Waals surface area contributed by atoms with E-state index in [0.717, 1.165) is 12.1 Å². The van der Waals surface area contributed by atoms with Crippen LogP contribution in [-0.2, 0) is 4.74 Å². The summed E-state index contributed by atoms with van der Waals surface area (Å²) in [7, 11) is 1.32. The fourth-order valence-corrected chi connectivity index (χ4v) is 1.41. The minimum atomic E-state index is -0.713. The molecule has 0 atom stereocenters. The molecule has 0 aliphatic heterocycles. The maximum atomic E-state index is 12.2. The normalized spacial score (nSPS) is 9.41. The molecule has 2 aromatic rings. The lowest BCUT2D eigenvalue weighted by atomic mass is 10.1. The molecule has 0 aliphatic carbocycles. The Morgan fingerprint density at radius 1 is 1.09 bits per heavy atom. The number of rotatable bonds is 2. The second-order valence-corrected chi connectivity index (χ2v) is 4.15. The topological polar surface area (TPSA) is 102 Å². The van der Waals surface area contributed by atoms with Gasteiger partial charge in [-0.3, -0.25) is 5.41 Å². The van der Waals surface area contributed by atoms with Gasteiger partial charge in [-0.2, -0.15) is 0 Å². The van der Waals surface area contributed by atoms with Crippen LogP contribution in [0.15, 0.2) is 42.5 Å². The van der Waals surface area contributed by atoms with E-state index in [-0.39, 0.29) is 11.5 Å². The number of halogens is 2. The summed E-state index contributed by atoms with van der Waals surface area (Å²) in [5.41, 5.74) is 11.3. The number of nitrogens with one attached hydrogen (secondary N) is 1. The Labute approximate surface area is 126 Å². The number of nitrogens with two attached hydrogens (primary N) is 2. The Balaban J connectivity index is 0.000000235. The first-order valence-electron chi connectivity index (χ1n) is 6.08. The highest BCUT2D eigenvalue weighted by atomic mass is 19.1. The van der Waals surface area contributed by atoms with Crippen molar-refractivity contribution in [2.75, 3.05) is 12.8 Å². The first kappa shape index (κ1) is 17.1. The van der Waals surface area contributed by atoms with E-state index in [4.69, 9.17) is 16.9 Å². The van der Waals surface area contributed by atoms with Crippen molar-refractivity contribution in [2.24, 2.45) is 5.73 Å². The molecule has 0 amide bonds. The number of esters is 1. The number of carbonyl (C=O) groups is 1. The molecule has 2 rings (SSSR count). The standard InChI is InChI=1S/C9H10N2O2.C6H5F2N/c1-13-9(12)7-4-2-6(3-5-7)8(10)11;7-4-1-2-6(9)5(8)3-4/h2-5H,1H3,(H3,10,11);1-3H,9H2. The lowest BCUT2D eigenvalue weighted by molar-refractivity contribution is 0.0600. The van der Waals surface area contributed by atoms with Gasteiger partial charge >= 0.3 is 5.97 Å². The van der Waals surface area contributed by atoms with Crippen LogP contribution in [-0.4, -0.2) is 18.9 Å². The minimum absolute atomic E-state index is 0.0172. The van der Waals surface area contributed by atoms with Crippen LogP contribution in [0.1, 0.15) is 15.9 Å². The van der Waals surface area contributed by atoms with Gasteiger partial charge in [0.1, 0.15) is 17.5 Å². The Hall–Kier alpha value is -2.96. The van der Waals surface area contributed by atoms with Crippen molar-refractivity contribution in [1.82, 2.24) is 0 Å². The van der Waals surface area contributed by atoms with Gasteiger partial charge in [0.05, 0.1) is 18.4 Å². The van der Waals surface area contributed by atoms with Gasteiger partial charge in [-0.15, -0.1) is 0 Å². The summed E-state index contributed by atoms with van der Waals surface area (Å²) in [6.07, 6.45) is 0. The van der Waals surface area contributed by atoms with Crippen LogP contribution >= 0.6 is 0 Å². The molecular weight excluding hydrogens is 292 g/mol. The SMILES string of the molecule is COC(=O)c1ccc(C(=N)N)cc1.Nc1ccc(F)cc1F. The van der Waals surface area contributed by atoms with Crippen LogP contribution in [0.4, 0.5) is 14.5 Å². The van der Waals surface area contributed by atoms with Gasteiger partial charge in [0.2, 0.25) is 0 Å². The van der Waals surface area contributed by atoms with Gasteiger partial charge in [0.25, 0.3) is 0 Å². The number of nitrogen functional groups attached to an aromatic ring is 2. The third-order valence-corrected chi connectivity index (χ3v) is 2.58. The molecule has 2 aromatic carbocycles. The second-order valence-electron chi connectivity index (χ2n) is 4.15. The minimum Gasteiger partial charge on any atom is -0.465 e. The fraction of sp³-hybridized carbons (Fsp3) is 0.0667. The van der Waals surface area contributed by atoms with E-state index in [1.54, 1.807) is 24.3 Å². The number of benzene rings is 2. The van der Waals surface area contributed by atoms with E-state index in [1.807, 2.05) is 0 Å². The number of carbonyl (C=O) groups excluding carboxylic acids is 1. The zero-order valence-corrected chi connectivity index (χ0v) is 11.8. The number of hydrogen-bond acceptors (Lipinski definition) is 4. The molecule has 0 saturated heterocycles. The molecule has 22 heavy (non-hydrogen) atoms. The number of anilines is 1. The van der Waals surface area contributed by atoms with Crippen molar-refractivity contribution in [3.8, 4) is 0 Å². The lowest BCUT2D eigenvalue weighted by Crippen LogP contribution is -2.11. The summed E-state index contributed by atoms with van der Waals surface area (Å²) in [4.78, 5) is 11.0. The van der Waals surface area contributed by atoms with E-state index in [1.165, 1.54) is 13.2 Å². The first-order chi connectivity index (χ1) is 10.3. The Bertz CT molecular complexity index is 673. The molecule has 0 fully saturated rings. The molecule has 0 saturated carbocycles. The van der Waals surface area contributed by atoms with Crippen LogP contribution in [0.2, 0.25) is 0 Å². The monoisotopic (exact) mass is 307 g/mol. The van der Waals surface area contributed by atoms with Gasteiger partial charge < -0.3 is 16.2 Å². The van der Waals surface area contributed by atoms with Crippen molar-refractivity contribution in [3.05, 3.63) is 65.2 Å². The lowest BCUT2D eigenvalue weighted by Gasteiger charge is -2.00. The number of amidine groups is 1. The molecule has 0 aromatic heterocycles. The van der Waals surface area contributed by atoms with Gasteiger partial charge in [0, 0.05) is 11.6 Å². The van der Waals surface area contributed by atoms with Crippen LogP contribution in [0, 0.1) is 17.0 Å². The van der Waals surface area contributed by atoms with Crippen LogP contribution in [0.5, 0.6) is 0 Å². The van der Waals surface area contributed by atoms with Crippen molar-refractivity contribution in [2.45, 2.75) is 0 Å². The van der Waals surface area contributed by atoms with Crippen LogP contribution in [0.3, 0.4) is 0 Å². The zero-order chi connectivity index (χ0) is 16.7. The summed E-state index contributed by atoms with van der Waals surface area (Å²) < 4.78 is 28.8. The maximum Gasteiger partial charge on any atom is 0.337 e. The summed E-state index contributed by atoms with van der Waals surface area (Å²) in [5.74, 6) is -1.73. The Morgan fingerprint density at radius 2 is 1.64 bits per heavy atom. The van der Waals surface area contributed by atoms with Crippen molar-refractivity contribution >= 4 is 17.5 Å². The molecule has 0 heterocycles. The first-order valence-corrected chi connectivity index (χ1v) is 6.08. The summed E-state index contributed by atoms with van der Waals surface area (Å²) in [6.45, 7) is 0. The summed E-state index contributed by atoms with van der Waals surface area (Å²) in [5, 5.41) is 7.12. The largest absolute Gasteiger partial charge is 0.465 e. The summed E-state index contributed by atoms with van der Waals surface area (Å²) >= 11 is 0.